The fourth-order valence-electron chi connectivity index (χ4n) is 1.72. The first-order valence-electron chi connectivity index (χ1n) is 5.43. The highest BCUT2D eigenvalue weighted by atomic mass is 16.5. The summed E-state index contributed by atoms with van der Waals surface area (Å²) in [5.41, 5.74) is 1.28. The second-order valence-electron chi connectivity index (χ2n) is 3.99. The summed E-state index contributed by atoms with van der Waals surface area (Å²) >= 11 is 0. The van der Waals surface area contributed by atoms with Crippen LogP contribution in [0.3, 0.4) is 0 Å². The lowest BCUT2D eigenvalue weighted by Gasteiger charge is -2.09. The first-order valence-corrected chi connectivity index (χ1v) is 5.43. The van der Waals surface area contributed by atoms with Gasteiger partial charge in [-0.05, 0) is 31.4 Å². The molecule has 80 valence electrons. The van der Waals surface area contributed by atoms with Crippen LogP contribution in [0.1, 0.15) is 13.8 Å². The smallest absolute Gasteiger partial charge is 0.0649 e. The maximum absolute atomic E-state index is 5.54. The van der Waals surface area contributed by atoms with Gasteiger partial charge in [0.25, 0.3) is 0 Å². The number of nitrogens with zero attached hydrogens (tertiary/aromatic N) is 1. The number of fused-ring (bicyclic) bond motifs is 1. The summed E-state index contributed by atoms with van der Waals surface area (Å²) < 4.78 is 7.78. The van der Waals surface area contributed by atoms with Crippen LogP contribution in [0.15, 0.2) is 36.5 Å². The number of para-hydroxylation sites is 1. The van der Waals surface area contributed by atoms with Crippen molar-refractivity contribution < 1.29 is 4.74 Å². The lowest BCUT2D eigenvalue weighted by molar-refractivity contribution is 0.0733. The van der Waals surface area contributed by atoms with E-state index in [1.807, 2.05) is 0 Å². The molecule has 0 radical (unpaired) electrons. The van der Waals surface area contributed by atoms with Gasteiger partial charge >= 0.3 is 0 Å². The molecule has 15 heavy (non-hydrogen) atoms. The second kappa shape index (κ2) is 4.49. The molecule has 2 aromatic rings. The standard InChI is InChI=1S/C13H17NO/c1-11(2)15-10-9-14-8-7-12-5-3-4-6-13(12)14/h3-8,11H,9-10H2,1-2H3. The van der Waals surface area contributed by atoms with Gasteiger partial charge < -0.3 is 9.30 Å². The Kier molecular flexibility index (Phi) is 3.07. The van der Waals surface area contributed by atoms with Crippen molar-refractivity contribution >= 4 is 10.9 Å². The SMILES string of the molecule is CC(C)OCCn1ccc2ccccc21. The van der Waals surface area contributed by atoms with Crippen molar-refractivity contribution in [2.75, 3.05) is 6.61 Å². The van der Waals surface area contributed by atoms with Crippen LogP contribution in [0.5, 0.6) is 0 Å². The molecule has 0 spiro atoms. The van der Waals surface area contributed by atoms with E-state index in [4.69, 9.17) is 4.74 Å². The quantitative estimate of drug-likeness (QED) is 0.745. The Morgan fingerprint density at radius 1 is 1.20 bits per heavy atom. The van der Waals surface area contributed by atoms with E-state index in [1.54, 1.807) is 0 Å². The molecule has 0 aliphatic heterocycles. The van der Waals surface area contributed by atoms with Gasteiger partial charge in [0.15, 0.2) is 0 Å². The van der Waals surface area contributed by atoms with E-state index in [-0.39, 0.29) is 0 Å². The van der Waals surface area contributed by atoms with Crippen LogP contribution in [0.4, 0.5) is 0 Å². The lowest BCUT2D eigenvalue weighted by atomic mass is 10.2. The molecule has 0 aliphatic rings. The Morgan fingerprint density at radius 3 is 2.80 bits per heavy atom. The normalized spacial score (nSPS) is 11.4. The average Bonchev–Trinajstić information content (AvgIpc) is 2.62. The molecule has 0 atom stereocenters. The van der Waals surface area contributed by atoms with E-state index in [0.29, 0.717) is 6.10 Å². The third-order valence-electron chi connectivity index (χ3n) is 2.46. The van der Waals surface area contributed by atoms with Crippen LogP contribution in [0.2, 0.25) is 0 Å². The molecule has 1 aromatic carbocycles. The molecule has 1 heterocycles. The second-order valence-corrected chi connectivity index (χ2v) is 3.99. The van der Waals surface area contributed by atoms with Crippen LogP contribution in [0, 0.1) is 0 Å². The largest absolute Gasteiger partial charge is 0.377 e. The minimum Gasteiger partial charge on any atom is -0.377 e. The van der Waals surface area contributed by atoms with Crippen molar-refractivity contribution in [1.29, 1.82) is 0 Å². The van der Waals surface area contributed by atoms with E-state index < -0.39 is 0 Å². The van der Waals surface area contributed by atoms with E-state index in [1.165, 1.54) is 10.9 Å². The van der Waals surface area contributed by atoms with E-state index in [2.05, 4.69) is 54.9 Å². The van der Waals surface area contributed by atoms with Gasteiger partial charge in [-0.1, -0.05) is 18.2 Å². The minimum atomic E-state index is 0.312. The number of benzene rings is 1. The highest BCUT2D eigenvalue weighted by Gasteiger charge is 1.99. The van der Waals surface area contributed by atoms with E-state index in [0.717, 1.165) is 13.2 Å². The van der Waals surface area contributed by atoms with Gasteiger partial charge in [0.1, 0.15) is 0 Å². The lowest BCUT2D eigenvalue weighted by Crippen LogP contribution is -2.09. The first-order chi connectivity index (χ1) is 7.27. The summed E-state index contributed by atoms with van der Waals surface area (Å²) in [6.45, 7) is 5.82. The van der Waals surface area contributed by atoms with Crippen LogP contribution in [0.25, 0.3) is 10.9 Å². The Labute approximate surface area is 90.5 Å². The number of hydrogen-bond donors (Lipinski definition) is 0. The maximum Gasteiger partial charge on any atom is 0.0649 e. The Morgan fingerprint density at radius 2 is 2.00 bits per heavy atom. The maximum atomic E-state index is 5.54. The van der Waals surface area contributed by atoms with Crippen molar-refractivity contribution in [3.8, 4) is 0 Å². The van der Waals surface area contributed by atoms with E-state index >= 15 is 0 Å². The third kappa shape index (κ3) is 2.39. The zero-order valence-corrected chi connectivity index (χ0v) is 9.31. The Bertz CT molecular complexity index is 431. The summed E-state index contributed by atoms with van der Waals surface area (Å²) in [4.78, 5) is 0. The summed E-state index contributed by atoms with van der Waals surface area (Å²) in [6, 6.07) is 10.6. The molecule has 1 aromatic heterocycles. The van der Waals surface area contributed by atoms with Crippen molar-refractivity contribution in [3.63, 3.8) is 0 Å². The Balaban J connectivity index is 2.08. The van der Waals surface area contributed by atoms with Gasteiger partial charge in [-0.2, -0.15) is 0 Å². The summed E-state index contributed by atoms with van der Waals surface area (Å²) in [5.74, 6) is 0. The predicted molar refractivity (Wildman–Crippen MR) is 63.0 cm³/mol. The number of hydrogen-bond acceptors (Lipinski definition) is 1. The van der Waals surface area contributed by atoms with Gasteiger partial charge in [-0.25, -0.2) is 0 Å². The van der Waals surface area contributed by atoms with E-state index in [9.17, 15) is 0 Å². The van der Waals surface area contributed by atoms with Crippen molar-refractivity contribution in [1.82, 2.24) is 4.57 Å². The average molecular weight is 203 g/mol. The first kappa shape index (κ1) is 10.2. The third-order valence-corrected chi connectivity index (χ3v) is 2.46. The molecular weight excluding hydrogens is 186 g/mol. The summed E-state index contributed by atoms with van der Waals surface area (Å²) in [6.07, 6.45) is 2.43. The molecular formula is C13H17NO. The molecule has 0 fully saturated rings. The fraction of sp³-hybridized carbons (Fsp3) is 0.385. The van der Waals surface area contributed by atoms with Crippen LogP contribution < -0.4 is 0 Å². The van der Waals surface area contributed by atoms with Crippen molar-refractivity contribution in [3.05, 3.63) is 36.5 Å². The molecule has 2 heteroatoms. The zero-order chi connectivity index (χ0) is 10.7. The topological polar surface area (TPSA) is 14.2 Å². The molecule has 2 rings (SSSR count). The monoisotopic (exact) mass is 203 g/mol. The molecule has 0 amide bonds. The molecule has 0 bridgehead atoms. The van der Waals surface area contributed by atoms with Gasteiger partial charge in [0.2, 0.25) is 0 Å². The number of rotatable bonds is 4. The fourth-order valence-corrected chi connectivity index (χ4v) is 1.72. The molecule has 0 saturated carbocycles. The molecule has 0 unspecified atom stereocenters. The number of ether oxygens (including phenoxy) is 1. The molecule has 0 saturated heterocycles. The predicted octanol–water partition coefficient (Wildman–Crippen LogP) is 3.07. The van der Waals surface area contributed by atoms with Crippen molar-refractivity contribution in [2.45, 2.75) is 26.5 Å². The summed E-state index contributed by atoms with van der Waals surface area (Å²) in [5, 5.41) is 1.29. The molecule has 2 nitrogen and oxygen atoms in total. The van der Waals surface area contributed by atoms with Gasteiger partial charge in [0.05, 0.1) is 12.7 Å². The molecule has 0 aliphatic carbocycles. The summed E-state index contributed by atoms with van der Waals surface area (Å²) in [7, 11) is 0. The molecule has 0 N–H and O–H groups in total. The number of aromatic nitrogens is 1. The van der Waals surface area contributed by atoms with Crippen LogP contribution >= 0.6 is 0 Å². The van der Waals surface area contributed by atoms with Crippen LogP contribution in [-0.4, -0.2) is 17.3 Å². The van der Waals surface area contributed by atoms with Gasteiger partial charge in [-0.15, -0.1) is 0 Å². The van der Waals surface area contributed by atoms with Crippen LogP contribution in [-0.2, 0) is 11.3 Å². The van der Waals surface area contributed by atoms with Gasteiger partial charge in [0, 0.05) is 18.3 Å². The van der Waals surface area contributed by atoms with Gasteiger partial charge in [-0.3, -0.25) is 0 Å². The van der Waals surface area contributed by atoms with Crippen molar-refractivity contribution in [2.24, 2.45) is 0 Å². The minimum absolute atomic E-state index is 0.312. The highest BCUT2D eigenvalue weighted by Crippen LogP contribution is 2.14. The highest BCUT2D eigenvalue weighted by molar-refractivity contribution is 5.79. The zero-order valence-electron chi connectivity index (χ0n) is 9.31. The Hall–Kier alpha value is -1.28.